The third kappa shape index (κ3) is 5.13. The maximum absolute atomic E-state index is 12.1. The maximum atomic E-state index is 12.1. The van der Waals surface area contributed by atoms with Crippen molar-refractivity contribution in [2.75, 3.05) is 6.54 Å². The topological polar surface area (TPSA) is 58.2 Å². The van der Waals surface area contributed by atoms with Gasteiger partial charge in [0.2, 0.25) is 5.91 Å². The number of amides is 2. The van der Waals surface area contributed by atoms with Gasteiger partial charge in [-0.2, -0.15) is 0 Å². The van der Waals surface area contributed by atoms with Crippen LogP contribution < -0.4 is 10.6 Å². The summed E-state index contributed by atoms with van der Waals surface area (Å²) in [7, 11) is 0. The second-order valence-corrected chi connectivity index (χ2v) is 6.28. The smallest absolute Gasteiger partial charge is 0.253 e. The van der Waals surface area contributed by atoms with E-state index in [1.54, 1.807) is 25.1 Å². The lowest BCUT2D eigenvalue weighted by molar-refractivity contribution is -0.122. The number of rotatable bonds is 5. The molecule has 110 valence electrons. The quantitative estimate of drug-likeness (QED) is 0.847. The summed E-state index contributed by atoms with van der Waals surface area (Å²) in [5, 5.41) is 5.75. The minimum absolute atomic E-state index is 0.210. The highest BCUT2D eigenvalue weighted by molar-refractivity contribution is 9.10. The first-order valence-electron chi connectivity index (χ1n) is 6.35. The van der Waals surface area contributed by atoms with Crippen LogP contribution in [0.3, 0.4) is 0 Å². The van der Waals surface area contributed by atoms with E-state index in [0.717, 1.165) is 4.47 Å². The summed E-state index contributed by atoms with van der Waals surface area (Å²) >= 11 is 9.26. The van der Waals surface area contributed by atoms with Crippen LogP contribution in [-0.2, 0) is 4.79 Å². The molecule has 0 aliphatic rings. The number of benzene rings is 1. The van der Waals surface area contributed by atoms with E-state index in [0.29, 0.717) is 23.0 Å². The Morgan fingerprint density at radius 2 is 1.95 bits per heavy atom. The molecular weight excluding hydrogens is 344 g/mol. The van der Waals surface area contributed by atoms with Gasteiger partial charge in [-0.15, -0.1) is 0 Å². The van der Waals surface area contributed by atoms with Gasteiger partial charge < -0.3 is 10.6 Å². The molecule has 0 fully saturated rings. The zero-order valence-corrected chi connectivity index (χ0v) is 14.0. The molecule has 0 aromatic heterocycles. The van der Waals surface area contributed by atoms with E-state index < -0.39 is 6.04 Å². The SMILES string of the molecule is CC(C)CNC(=O)C(C)NC(=O)c1cc(Br)ccc1Cl. The molecule has 2 N–H and O–H groups in total. The van der Waals surface area contributed by atoms with Gasteiger partial charge in [0, 0.05) is 11.0 Å². The lowest BCUT2D eigenvalue weighted by atomic mass is 10.2. The minimum Gasteiger partial charge on any atom is -0.354 e. The van der Waals surface area contributed by atoms with Crippen LogP contribution in [0.25, 0.3) is 0 Å². The summed E-state index contributed by atoms with van der Waals surface area (Å²) < 4.78 is 0.754. The molecule has 1 aromatic rings. The number of hydrogen-bond acceptors (Lipinski definition) is 2. The van der Waals surface area contributed by atoms with E-state index in [-0.39, 0.29) is 11.8 Å². The molecule has 20 heavy (non-hydrogen) atoms. The largest absolute Gasteiger partial charge is 0.354 e. The van der Waals surface area contributed by atoms with E-state index in [1.807, 2.05) is 13.8 Å². The van der Waals surface area contributed by atoms with Crippen molar-refractivity contribution >= 4 is 39.3 Å². The average molecular weight is 362 g/mol. The third-order valence-electron chi connectivity index (χ3n) is 2.60. The fourth-order valence-corrected chi connectivity index (χ4v) is 2.03. The first-order valence-corrected chi connectivity index (χ1v) is 7.52. The van der Waals surface area contributed by atoms with Gasteiger partial charge in [0.25, 0.3) is 5.91 Å². The molecular formula is C14H18BrClN2O2. The Hall–Kier alpha value is -1.07. The van der Waals surface area contributed by atoms with Crippen LogP contribution in [0.1, 0.15) is 31.1 Å². The molecule has 2 amide bonds. The lowest BCUT2D eigenvalue weighted by Crippen LogP contribution is -2.45. The molecule has 1 atom stereocenters. The first-order chi connectivity index (χ1) is 9.31. The first kappa shape index (κ1) is 17.0. The molecule has 0 saturated carbocycles. The molecule has 0 aliphatic carbocycles. The molecule has 0 spiro atoms. The van der Waals surface area contributed by atoms with Crippen LogP contribution in [-0.4, -0.2) is 24.4 Å². The Morgan fingerprint density at radius 3 is 2.55 bits per heavy atom. The monoisotopic (exact) mass is 360 g/mol. The van der Waals surface area contributed by atoms with Gasteiger partial charge in [-0.1, -0.05) is 41.4 Å². The van der Waals surface area contributed by atoms with Gasteiger partial charge in [0.05, 0.1) is 10.6 Å². The predicted octanol–water partition coefficient (Wildman–Crippen LogP) is 2.99. The van der Waals surface area contributed by atoms with Crippen LogP contribution in [0.2, 0.25) is 5.02 Å². The highest BCUT2D eigenvalue weighted by Crippen LogP contribution is 2.20. The fourth-order valence-electron chi connectivity index (χ4n) is 1.47. The van der Waals surface area contributed by atoms with Crippen molar-refractivity contribution in [1.82, 2.24) is 10.6 Å². The summed E-state index contributed by atoms with van der Waals surface area (Å²) in [4.78, 5) is 23.9. The predicted molar refractivity (Wildman–Crippen MR) is 83.9 cm³/mol. The number of carbonyl (C=O) groups is 2. The maximum Gasteiger partial charge on any atom is 0.253 e. The molecule has 0 radical (unpaired) electrons. The second-order valence-electron chi connectivity index (χ2n) is 4.96. The van der Waals surface area contributed by atoms with Crippen molar-refractivity contribution in [2.45, 2.75) is 26.8 Å². The Balaban J connectivity index is 2.65. The molecule has 0 bridgehead atoms. The van der Waals surface area contributed by atoms with Crippen LogP contribution in [0.5, 0.6) is 0 Å². The van der Waals surface area contributed by atoms with Crippen molar-refractivity contribution < 1.29 is 9.59 Å². The van der Waals surface area contributed by atoms with Gasteiger partial charge in [-0.05, 0) is 31.0 Å². The molecule has 0 saturated heterocycles. The molecule has 6 heteroatoms. The third-order valence-corrected chi connectivity index (χ3v) is 3.42. The molecule has 1 aromatic carbocycles. The van der Waals surface area contributed by atoms with Gasteiger partial charge in [0.15, 0.2) is 0 Å². The number of halogens is 2. The van der Waals surface area contributed by atoms with Gasteiger partial charge in [0.1, 0.15) is 6.04 Å². The van der Waals surface area contributed by atoms with E-state index in [4.69, 9.17) is 11.6 Å². The average Bonchev–Trinajstić information content (AvgIpc) is 2.38. The van der Waals surface area contributed by atoms with E-state index >= 15 is 0 Å². The Morgan fingerprint density at radius 1 is 1.30 bits per heavy atom. The van der Waals surface area contributed by atoms with E-state index in [1.165, 1.54) is 0 Å². The normalized spacial score (nSPS) is 12.1. The summed E-state index contributed by atoms with van der Waals surface area (Å²) in [6, 6.07) is 4.38. The Kier molecular flexibility index (Phi) is 6.49. The van der Waals surface area contributed by atoms with Crippen molar-refractivity contribution in [2.24, 2.45) is 5.92 Å². The lowest BCUT2D eigenvalue weighted by Gasteiger charge is -2.15. The van der Waals surface area contributed by atoms with Gasteiger partial charge in [-0.3, -0.25) is 9.59 Å². The second kappa shape index (κ2) is 7.64. The van der Waals surface area contributed by atoms with E-state index in [9.17, 15) is 9.59 Å². The fraction of sp³-hybridized carbons (Fsp3) is 0.429. The van der Waals surface area contributed by atoms with Crippen molar-refractivity contribution in [3.8, 4) is 0 Å². The van der Waals surface area contributed by atoms with Crippen molar-refractivity contribution in [3.63, 3.8) is 0 Å². The zero-order chi connectivity index (χ0) is 15.3. The number of hydrogen-bond donors (Lipinski definition) is 2. The molecule has 0 heterocycles. The Bertz CT molecular complexity index is 506. The summed E-state index contributed by atoms with van der Waals surface area (Å²) in [5.41, 5.74) is 0.338. The Labute approximate surface area is 132 Å². The van der Waals surface area contributed by atoms with Crippen LogP contribution in [0.15, 0.2) is 22.7 Å². The molecule has 1 rings (SSSR count). The summed E-state index contributed by atoms with van der Waals surface area (Å²) in [6.45, 7) is 6.23. The van der Waals surface area contributed by atoms with Crippen LogP contribution in [0, 0.1) is 5.92 Å². The summed E-state index contributed by atoms with van der Waals surface area (Å²) in [6.07, 6.45) is 0. The van der Waals surface area contributed by atoms with Crippen LogP contribution in [0.4, 0.5) is 0 Å². The molecule has 1 unspecified atom stereocenters. The molecule has 0 aliphatic heterocycles. The minimum atomic E-state index is -0.615. The van der Waals surface area contributed by atoms with Gasteiger partial charge >= 0.3 is 0 Å². The van der Waals surface area contributed by atoms with Crippen LogP contribution >= 0.6 is 27.5 Å². The van der Waals surface area contributed by atoms with E-state index in [2.05, 4.69) is 26.6 Å². The zero-order valence-electron chi connectivity index (χ0n) is 11.7. The van der Waals surface area contributed by atoms with Crippen molar-refractivity contribution in [1.29, 1.82) is 0 Å². The highest BCUT2D eigenvalue weighted by atomic mass is 79.9. The highest BCUT2D eigenvalue weighted by Gasteiger charge is 2.18. The molecule has 4 nitrogen and oxygen atoms in total. The number of nitrogens with one attached hydrogen (secondary N) is 2. The summed E-state index contributed by atoms with van der Waals surface area (Å²) in [5.74, 6) is -0.219. The standard InChI is InChI=1S/C14H18BrClN2O2/c1-8(2)7-17-13(19)9(3)18-14(20)11-6-10(15)4-5-12(11)16/h4-6,8-9H,7H2,1-3H3,(H,17,19)(H,18,20). The number of carbonyl (C=O) groups excluding carboxylic acids is 2. The van der Waals surface area contributed by atoms with Gasteiger partial charge in [-0.25, -0.2) is 0 Å². The van der Waals surface area contributed by atoms with Crippen molar-refractivity contribution in [3.05, 3.63) is 33.3 Å².